The van der Waals surface area contributed by atoms with Gasteiger partial charge in [-0.2, -0.15) is 0 Å². The van der Waals surface area contributed by atoms with Crippen molar-refractivity contribution in [2.24, 2.45) is 11.5 Å². The summed E-state index contributed by atoms with van der Waals surface area (Å²) in [6.07, 6.45) is 35.4. The smallest absolute Gasteiger partial charge is 0.0789 e. The third kappa shape index (κ3) is 31.2. The molecule has 2 unspecified atom stereocenters. The first-order valence-electron chi connectivity index (χ1n) is 19.0. The van der Waals surface area contributed by atoms with Crippen LogP contribution in [0.5, 0.6) is 0 Å². The Morgan fingerprint density at radius 1 is 0.500 bits per heavy atom. The van der Waals surface area contributed by atoms with E-state index in [1.54, 1.807) is 0 Å². The molecular formula is C38H78N4O2. The zero-order chi connectivity index (χ0) is 32.4. The molecule has 0 aliphatic heterocycles. The Kier molecular flexibility index (Phi) is 34.5. The molecule has 44 heavy (non-hydrogen) atoms. The molecule has 6 nitrogen and oxygen atoms in total. The first kappa shape index (κ1) is 43.2. The number of aliphatic hydroxyl groups excluding tert-OH is 2. The minimum absolute atomic E-state index is 0.320. The van der Waals surface area contributed by atoms with E-state index < -0.39 is 12.2 Å². The highest BCUT2D eigenvalue weighted by Gasteiger charge is 2.13. The predicted molar refractivity (Wildman–Crippen MR) is 194 cm³/mol. The predicted octanol–water partition coefficient (Wildman–Crippen LogP) is 7.96. The molecule has 0 saturated carbocycles. The first-order chi connectivity index (χ1) is 21.6. The van der Waals surface area contributed by atoms with E-state index in [0.717, 1.165) is 45.4 Å². The van der Waals surface area contributed by atoms with Crippen LogP contribution in [0.25, 0.3) is 0 Å². The molecule has 2 atom stereocenters. The minimum atomic E-state index is -0.448. The van der Waals surface area contributed by atoms with E-state index in [1.807, 2.05) is 6.08 Å². The maximum atomic E-state index is 10.2. The van der Waals surface area contributed by atoms with Crippen LogP contribution in [0.15, 0.2) is 24.8 Å². The number of hydrogen-bond donors (Lipinski definition) is 4. The maximum absolute atomic E-state index is 10.2. The van der Waals surface area contributed by atoms with Crippen LogP contribution in [0.4, 0.5) is 0 Å². The van der Waals surface area contributed by atoms with Crippen LogP contribution in [0, 0.1) is 0 Å². The number of nitrogens with two attached hydrogens (primary N) is 2. The van der Waals surface area contributed by atoms with Crippen molar-refractivity contribution in [3.63, 3.8) is 0 Å². The minimum Gasteiger partial charge on any atom is -0.390 e. The van der Waals surface area contributed by atoms with Gasteiger partial charge < -0.3 is 31.5 Å². The van der Waals surface area contributed by atoms with E-state index in [4.69, 9.17) is 11.5 Å². The number of aliphatic hydroxyl groups is 2. The average Bonchev–Trinajstić information content (AvgIpc) is 3.03. The van der Waals surface area contributed by atoms with Crippen molar-refractivity contribution in [3.8, 4) is 0 Å². The van der Waals surface area contributed by atoms with Crippen molar-refractivity contribution in [2.45, 2.75) is 167 Å². The molecule has 0 rings (SSSR count). The van der Waals surface area contributed by atoms with Gasteiger partial charge in [0.1, 0.15) is 0 Å². The molecule has 262 valence electrons. The number of rotatable bonds is 36. The van der Waals surface area contributed by atoms with Gasteiger partial charge in [-0.05, 0) is 90.4 Å². The summed E-state index contributed by atoms with van der Waals surface area (Å²) in [6.45, 7) is 12.1. The summed E-state index contributed by atoms with van der Waals surface area (Å²) in [7, 11) is 0. The molecule has 0 heterocycles. The fourth-order valence-electron chi connectivity index (χ4n) is 5.92. The van der Waals surface area contributed by atoms with Gasteiger partial charge in [-0.15, -0.1) is 6.58 Å². The van der Waals surface area contributed by atoms with Crippen LogP contribution in [-0.4, -0.2) is 84.6 Å². The second kappa shape index (κ2) is 35.1. The Morgan fingerprint density at radius 3 is 1.18 bits per heavy atom. The molecule has 6 N–H and O–H groups in total. The lowest BCUT2D eigenvalue weighted by Crippen LogP contribution is -2.39. The molecule has 0 aliphatic rings. The zero-order valence-electron chi connectivity index (χ0n) is 29.5. The highest BCUT2D eigenvalue weighted by atomic mass is 16.3. The largest absolute Gasteiger partial charge is 0.390 e. The maximum Gasteiger partial charge on any atom is 0.0789 e. The molecule has 0 saturated heterocycles. The van der Waals surface area contributed by atoms with Gasteiger partial charge in [0.15, 0.2) is 0 Å². The van der Waals surface area contributed by atoms with Gasteiger partial charge in [0, 0.05) is 26.2 Å². The average molecular weight is 623 g/mol. The molecule has 0 aromatic heterocycles. The van der Waals surface area contributed by atoms with Gasteiger partial charge in [-0.1, -0.05) is 109 Å². The molecular weight excluding hydrogens is 544 g/mol. The van der Waals surface area contributed by atoms with E-state index >= 15 is 0 Å². The van der Waals surface area contributed by atoms with Gasteiger partial charge in [0.25, 0.3) is 0 Å². The molecule has 0 radical (unpaired) electrons. The lowest BCUT2D eigenvalue weighted by molar-refractivity contribution is 0.107. The topological polar surface area (TPSA) is 99.0 Å². The second-order valence-electron chi connectivity index (χ2n) is 13.2. The van der Waals surface area contributed by atoms with E-state index in [1.165, 1.54) is 128 Å². The lowest BCUT2D eigenvalue weighted by atomic mass is 10.1. The fraction of sp³-hybridized carbons (Fsp3) is 0.895. The highest BCUT2D eigenvalue weighted by molar-refractivity contribution is 4.81. The number of allylic oxidation sites excluding steroid dienone is 3. The summed E-state index contributed by atoms with van der Waals surface area (Å²) < 4.78 is 0. The quantitative estimate of drug-likeness (QED) is 0.0418. The van der Waals surface area contributed by atoms with Crippen LogP contribution in [-0.2, 0) is 0 Å². The van der Waals surface area contributed by atoms with Crippen LogP contribution < -0.4 is 11.5 Å². The second-order valence-corrected chi connectivity index (χ2v) is 13.2. The molecule has 0 aliphatic carbocycles. The third-order valence-electron chi connectivity index (χ3n) is 8.80. The summed E-state index contributed by atoms with van der Waals surface area (Å²) in [5, 5.41) is 20.4. The van der Waals surface area contributed by atoms with Gasteiger partial charge >= 0.3 is 0 Å². The fourth-order valence-corrected chi connectivity index (χ4v) is 5.92. The van der Waals surface area contributed by atoms with E-state index in [2.05, 4.69) is 35.5 Å². The number of nitrogens with zero attached hydrogens (tertiary/aromatic N) is 2. The Balaban J connectivity index is 4.10. The van der Waals surface area contributed by atoms with Crippen LogP contribution >= 0.6 is 0 Å². The van der Waals surface area contributed by atoms with Gasteiger partial charge in [-0.3, -0.25) is 0 Å². The number of hydrogen-bond acceptors (Lipinski definition) is 6. The highest BCUT2D eigenvalue weighted by Crippen LogP contribution is 2.12. The standard InChI is InChI=1S/C38H78N4O2/c1-3-5-7-9-11-13-14-15-16-17-18-19-20-22-24-26-30-42(36-38(44)34-40)32-28-27-31-41(35-37(43)33-39)29-25-23-21-12-10-8-6-4-2/h4,15-16,37-38,43-44H,2-3,5-14,17-36,39-40H2,1H3. The van der Waals surface area contributed by atoms with Crippen molar-refractivity contribution in [3.05, 3.63) is 24.8 Å². The molecule has 0 fully saturated rings. The van der Waals surface area contributed by atoms with Crippen molar-refractivity contribution in [2.75, 3.05) is 52.4 Å². The summed E-state index contributed by atoms with van der Waals surface area (Å²) in [6, 6.07) is 0. The molecule has 6 heteroatoms. The molecule has 0 aromatic rings. The third-order valence-corrected chi connectivity index (χ3v) is 8.80. The molecule has 0 bridgehead atoms. The van der Waals surface area contributed by atoms with Crippen LogP contribution in [0.3, 0.4) is 0 Å². The summed E-state index contributed by atoms with van der Waals surface area (Å²) in [5.41, 5.74) is 11.5. The molecule has 0 amide bonds. The summed E-state index contributed by atoms with van der Waals surface area (Å²) in [5.74, 6) is 0. The first-order valence-corrected chi connectivity index (χ1v) is 19.0. The SMILES string of the molecule is C=CCCCCCCCCN(CCCCN(CCCCCCCCC=CCCCCCCCC)CC(O)CN)CC(O)CN. The van der Waals surface area contributed by atoms with Crippen LogP contribution in [0.1, 0.15) is 155 Å². The van der Waals surface area contributed by atoms with Gasteiger partial charge in [0.05, 0.1) is 12.2 Å². The molecule has 0 spiro atoms. The Labute approximate surface area is 275 Å². The molecule has 0 aromatic carbocycles. The Hall–Kier alpha value is -0.760. The van der Waals surface area contributed by atoms with Crippen molar-refractivity contribution in [1.29, 1.82) is 0 Å². The van der Waals surface area contributed by atoms with Crippen molar-refractivity contribution in [1.82, 2.24) is 9.80 Å². The van der Waals surface area contributed by atoms with Gasteiger partial charge in [-0.25, -0.2) is 0 Å². The Bertz CT molecular complexity index is 603. The monoisotopic (exact) mass is 623 g/mol. The van der Waals surface area contributed by atoms with E-state index in [9.17, 15) is 10.2 Å². The van der Waals surface area contributed by atoms with Crippen LogP contribution in [0.2, 0.25) is 0 Å². The number of unbranched alkanes of at least 4 members (excludes halogenated alkanes) is 19. The Morgan fingerprint density at radius 2 is 0.818 bits per heavy atom. The summed E-state index contributed by atoms with van der Waals surface area (Å²) >= 11 is 0. The van der Waals surface area contributed by atoms with Crippen molar-refractivity contribution < 1.29 is 10.2 Å². The van der Waals surface area contributed by atoms with Crippen molar-refractivity contribution >= 4 is 0 Å². The van der Waals surface area contributed by atoms with Gasteiger partial charge in [0.2, 0.25) is 0 Å². The zero-order valence-corrected chi connectivity index (χ0v) is 29.5. The normalized spacial score (nSPS) is 13.4. The van der Waals surface area contributed by atoms with E-state index in [-0.39, 0.29) is 0 Å². The summed E-state index contributed by atoms with van der Waals surface area (Å²) in [4.78, 5) is 4.82. The van der Waals surface area contributed by atoms with E-state index in [0.29, 0.717) is 26.2 Å². The lowest BCUT2D eigenvalue weighted by Gasteiger charge is -2.27.